The smallest absolute Gasteiger partial charge is 0.270 e. The molecule has 1 aliphatic heterocycles. The fourth-order valence-electron chi connectivity index (χ4n) is 2.61. The maximum atomic E-state index is 12.9. The molecule has 0 spiro atoms. The van der Waals surface area contributed by atoms with Crippen molar-refractivity contribution in [1.82, 2.24) is 9.88 Å². The molecule has 3 rings (SSSR count). The average molecular weight is 374 g/mol. The molecule has 1 aromatic carbocycles. The number of carbonyl (C=O) groups excluding carboxylic acids is 2. The van der Waals surface area contributed by atoms with Crippen LogP contribution < -0.4 is 10.2 Å². The number of aromatic nitrogens is 1. The molecule has 2 aromatic rings. The summed E-state index contributed by atoms with van der Waals surface area (Å²) in [6.07, 6.45) is 3.46. The summed E-state index contributed by atoms with van der Waals surface area (Å²) >= 11 is 11.3. The predicted molar refractivity (Wildman–Crippen MR) is 102 cm³/mol. The van der Waals surface area contributed by atoms with Gasteiger partial charge in [-0.25, -0.2) is 0 Å². The summed E-state index contributed by atoms with van der Waals surface area (Å²) in [6, 6.07) is 8.91. The first kappa shape index (κ1) is 17.4. The van der Waals surface area contributed by atoms with Crippen LogP contribution in [0.1, 0.15) is 18.2 Å². The highest BCUT2D eigenvalue weighted by atomic mass is 35.5. The Morgan fingerprint density at radius 2 is 2.04 bits per heavy atom. The summed E-state index contributed by atoms with van der Waals surface area (Å²) in [7, 11) is 0. The molecule has 1 aromatic heterocycles. The first-order chi connectivity index (χ1) is 11.9. The zero-order valence-electron chi connectivity index (χ0n) is 13.7. The first-order valence-corrected chi connectivity index (χ1v) is 8.53. The Balaban J connectivity index is 2.04. The lowest BCUT2D eigenvalue weighted by molar-refractivity contribution is -0.122. The largest absolute Gasteiger partial charge is 0.348 e. The second-order valence-electron chi connectivity index (χ2n) is 5.61. The number of benzene rings is 1. The van der Waals surface area contributed by atoms with Crippen LogP contribution in [-0.2, 0) is 16.1 Å². The van der Waals surface area contributed by atoms with Gasteiger partial charge < -0.3 is 4.57 Å². The van der Waals surface area contributed by atoms with Gasteiger partial charge in [-0.2, -0.15) is 0 Å². The van der Waals surface area contributed by atoms with E-state index in [1.807, 2.05) is 36.7 Å². The van der Waals surface area contributed by atoms with Gasteiger partial charge in [-0.05, 0) is 62.0 Å². The molecule has 2 heterocycles. The molecule has 1 fully saturated rings. The van der Waals surface area contributed by atoms with Crippen molar-refractivity contribution in [2.24, 2.45) is 0 Å². The number of hydrogen-bond donors (Lipinski definition) is 1. The molecule has 1 N–H and O–H groups in total. The number of thiocarbonyl (C=S) groups is 1. The molecule has 0 atom stereocenters. The molecule has 1 saturated heterocycles. The van der Waals surface area contributed by atoms with E-state index in [0.29, 0.717) is 10.7 Å². The zero-order valence-corrected chi connectivity index (χ0v) is 15.3. The van der Waals surface area contributed by atoms with E-state index < -0.39 is 11.8 Å². The van der Waals surface area contributed by atoms with Gasteiger partial charge in [0, 0.05) is 23.5 Å². The van der Waals surface area contributed by atoms with Gasteiger partial charge in [0.15, 0.2) is 5.11 Å². The Morgan fingerprint density at radius 1 is 1.28 bits per heavy atom. The summed E-state index contributed by atoms with van der Waals surface area (Å²) in [5.41, 5.74) is 2.21. The number of carbonyl (C=O) groups is 2. The second kappa shape index (κ2) is 6.82. The Hall–Kier alpha value is -2.44. The number of aryl methyl sites for hydroxylation is 2. The van der Waals surface area contributed by atoms with Crippen LogP contribution in [0.3, 0.4) is 0 Å². The molecule has 0 aliphatic carbocycles. The fourth-order valence-corrected chi connectivity index (χ4v) is 3.06. The lowest BCUT2D eigenvalue weighted by Gasteiger charge is -2.29. The van der Waals surface area contributed by atoms with E-state index in [2.05, 4.69) is 5.32 Å². The summed E-state index contributed by atoms with van der Waals surface area (Å²) in [5, 5.41) is 3.13. The maximum Gasteiger partial charge on any atom is 0.270 e. The van der Waals surface area contributed by atoms with Gasteiger partial charge in [-0.15, -0.1) is 0 Å². The fraction of sp³-hybridized carbons (Fsp3) is 0.167. The number of hydrogen-bond acceptors (Lipinski definition) is 3. The van der Waals surface area contributed by atoms with Crippen LogP contribution in [0.4, 0.5) is 5.69 Å². The number of anilines is 1. The molecule has 0 bridgehead atoms. The second-order valence-corrected chi connectivity index (χ2v) is 6.40. The lowest BCUT2D eigenvalue weighted by Crippen LogP contribution is -2.54. The van der Waals surface area contributed by atoms with E-state index in [0.717, 1.165) is 17.8 Å². The monoisotopic (exact) mass is 373 g/mol. The van der Waals surface area contributed by atoms with E-state index in [-0.39, 0.29) is 10.7 Å². The van der Waals surface area contributed by atoms with E-state index >= 15 is 0 Å². The molecule has 25 heavy (non-hydrogen) atoms. The summed E-state index contributed by atoms with van der Waals surface area (Å²) in [4.78, 5) is 26.5. The van der Waals surface area contributed by atoms with Gasteiger partial charge in [0.25, 0.3) is 11.8 Å². The molecule has 0 radical (unpaired) electrons. The number of rotatable bonds is 3. The molecule has 0 saturated carbocycles. The van der Waals surface area contributed by atoms with E-state index in [1.165, 1.54) is 4.90 Å². The normalized spacial score (nSPS) is 16.5. The SMILES string of the molecule is CCn1cccc1/C=C1\C(=O)NC(=S)N(c2ccc(C)c(Cl)c2)C1=O. The van der Waals surface area contributed by atoms with Gasteiger partial charge in [0.2, 0.25) is 0 Å². The number of halogens is 1. The quantitative estimate of drug-likeness (QED) is 0.510. The minimum atomic E-state index is -0.506. The van der Waals surface area contributed by atoms with Crippen LogP contribution in [0.2, 0.25) is 5.02 Å². The molecule has 128 valence electrons. The highest BCUT2D eigenvalue weighted by Gasteiger charge is 2.34. The topological polar surface area (TPSA) is 54.3 Å². The van der Waals surface area contributed by atoms with Crippen molar-refractivity contribution < 1.29 is 9.59 Å². The van der Waals surface area contributed by atoms with Crippen molar-refractivity contribution in [1.29, 1.82) is 0 Å². The van der Waals surface area contributed by atoms with E-state index in [4.69, 9.17) is 23.8 Å². The Morgan fingerprint density at radius 3 is 2.72 bits per heavy atom. The Bertz CT molecular complexity index is 917. The molecular formula is C18H16ClN3O2S. The van der Waals surface area contributed by atoms with Gasteiger partial charge in [0.1, 0.15) is 5.57 Å². The molecule has 5 nitrogen and oxygen atoms in total. The van der Waals surface area contributed by atoms with Crippen molar-refractivity contribution in [3.63, 3.8) is 0 Å². The minimum Gasteiger partial charge on any atom is -0.348 e. The van der Waals surface area contributed by atoms with Crippen molar-refractivity contribution in [2.75, 3.05) is 4.90 Å². The highest BCUT2D eigenvalue weighted by molar-refractivity contribution is 7.80. The molecule has 0 unspecified atom stereocenters. The van der Waals surface area contributed by atoms with Crippen molar-refractivity contribution >= 4 is 52.5 Å². The Labute approximate surface area is 155 Å². The number of nitrogens with one attached hydrogen (secondary N) is 1. The molecule has 7 heteroatoms. The van der Waals surface area contributed by atoms with Gasteiger partial charge in [0.05, 0.1) is 5.69 Å². The Kier molecular flexibility index (Phi) is 4.74. The van der Waals surface area contributed by atoms with Crippen molar-refractivity contribution in [3.05, 3.63) is 58.4 Å². The average Bonchev–Trinajstić information content (AvgIpc) is 3.02. The van der Waals surface area contributed by atoms with Crippen molar-refractivity contribution in [2.45, 2.75) is 20.4 Å². The third-order valence-corrected chi connectivity index (χ3v) is 4.70. The molecule has 1 aliphatic rings. The summed E-state index contributed by atoms with van der Waals surface area (Å²) < 4.78 is 1.94. The van der Waals surface area contributed by atoms with Crippen LogP contribution in [-0.4, -0.2) is 21.5 Å². The van der Waals surface area contributed by atoms with E-state index in [1.54, 1.807) is 24.3 Å². The van der Waals surface area contributed by atoms with Crippen LogP contribution in [0, 0.1) is 6.92 Å². The minimum absolute atomic E-state index is 0.0266. The third kappa shape index (κ3) is 3.23. The van der Waals surface area contributed by atoms with Crippen LogP contribution in [0.15, 0.2) is 42.1 Å². The number of nitrogens with zero attached hydrogens (tertiary/aromatic N) is 2. The first-order valence-electron chi connectivity index (χ1n) is 7.75. The number of amides is 2. The summed E-state index contributed by atoms with van der Waals surface area (Å²) in [6.45, 7) is 4.59. The van der Waals surface area contributed by atoms with Crippen molar-refractivity contribution in [3.8, 4) is 0 Å². The van der Waals surface area contributed by atoms with Crippen LogP contribution >= 0.6 is 23.8 Å². The standard InChI is InChI=1S/C18H16ClN3O2S/c1-3-21-8-4-5-12(21)9-14-16(23)20-18(25)22(17(14)24)13-7-6-11(2)15(19)10-13/h4-10H,3H2,1-2H3,(H,20,23,25)/b14-9+. The molecule has 2 amide bonds. The highest BCUT2D eigenvalue weighted by Crippen LogP contribution is 2.26. The maximum absolute atomic E-state index is 12.9. The zero-order chi connectivity index (χ0) is 18.1. The van der Waals surface area contributed by atoms with Crippen LogP contribution in [0.5, 0.6) is 0 Å². The van der Waals surface area contributed by atoms with Gasteiger partial charge in [-0.1, -0.05) is 17.7 Å². The predicted octanol–water partition coefficient (Wildman–Crippen LogP) is 3.30. The van der Waals surface area contributed by atoms with E-state index in [9.17, 15) is 9.59 Å². The molecular weight excluding hydrogens is 358 g/mol. The third-order valence-electron chi connectivity index (χ3n) is 4.01. The lowest BCUT2D eigenvalue weighted by atomic mass is 10.1. The van der Waals surface area contributed by atoms with Gasteiger partial charge >= 0.3 is 0 Å². The summed E-state index contributed by atoms with van der Waals surface area (Å²) in [5.74, 6) is -0.981. The van der Waals surface area contributed by atoms with Crippen LogP contribution in [0.25, 0.3) is 6.08 Å². The van der Waals surface area contributed by atoms with Gasteiger partial charge in [-0.3, -0.25) is 19.8 Å².